The zero-order valence-electron chi connectivity index (χ0n) is 33.0. The molecular weight excluding hydrogens is 731 g/mol. The van der Waals surface area contributed by atoms with Crippen molar-refractivity contribution in [1.82, 2.24) is 0 Å². The summed E-state index contributed by atoms with van der Waals surface area (Å²) in [4.78, 5) is 4.92. The number of rotatable bonds is 2. The van der Waals surface area contributed by atoms with Crippen molar-refractivity contribution >= 4 is 112 Å². The lowest BCUT2D eigenvalue weighted by molar-refractivity contribution is 0.620. The van der Waals surface area contributed by atoms with Gasteiger partial charge >= 0.3 is 0 Å². The number of fused-ring (bicyclic) bond motifs is 16. The highest BCUT2D eigenvalue weighted by Crippen LogP contribution is 2.54. The van der Waals surface area contributed by atoms with E-state index in [1.165, 1.54) is 66.5 Å². The van der Waals surface area contributed by atoms with Crippen LogP contribution in [0.25, 0.3) is 65.8 Å². The number of furan rings is 2. The number of benzene rings is 9. The Morgan fingerprint density at radius 2 is 1.10 bits per heavy atom. The first-order valence-electron chi connectivity index (χ1n) is 20.9. The third kappa shape index (κ3) is 4.02. The van der Waals surface area contributed by atoms with Crippen LogP contribution in [-0.4, -0.2) is 6.71 Å². The number of nitrogens with zero attached hydrogens (tertiary/aromatic N) is 2. The van der Waals surface area contributed by atoms with E-state index in [9.17, 15) is 0 Å². The normalized spacial score (nSPS) is 14.5. The molecule has 14 rings (SSSR count). The van der Waals surface area contributed by atoms with Gasteiger partial charge in [0.2, 0.25) is 0 Å². The van der Waals surface area contributed by atoms with Gasteiger partial charge in [0.1, 0.15) is 16.7 Å². The Bertz CT molecular complexity index is 3690. The van der Waals surface area contributed by atoms with E-state index < -0.39 is 0 Å². The van der Waals surface area contributed by atoms with Gasteiger partial charge in [-0.15, -0.1) is 0 Å². The lowest BCUT2D eigenvalue weighted by atomic mass is 9.33. The molecule has 0 spiro atoms. The van der Waals surface area contributed by atoms with E-state index in [1.54, 1.807) is 0 Å². The maximum absolute atomic E-state index is 7.26. The van der Waals surface area contributed by atoms with Crippen molar-refractivity contribution < 1.29 is 8.83 Å². The number of hydrogen-bond donors (Lipinski definition) is 0. The van der Waals surface area contributed by atoms with Crippen LogP contribution in [0, 0.1) is 0 Å². The van der Waals surface area contributed by atoms with Crippen LogP contribution in [0.2, 0.25) is 0 Å². The van der Waals surface area contributed by atoms with Gasteiger partial charge in [-0.25, -0.2) is 0 Å². The molecule has 0 fully saturated rings. The second kappa shape index (κ2) is 11.4. The van der Waals surface area contributed by atoms with Crippen molar-refractivity contribution in [2.45, 2.75) is 19.3 Å². The van der Waals surface area contributed by atoms with E-state index in [0.717, 1.165) is 60.9 Å². The predicted molar refractivity (Wildman–Crippen MR) is 250 cm³/mol. The summed E-state index contributed by atoms with van der Waals surface area (Å²) >= 11 is 0. The van der Waals surface area contributed by atoms with Gasteiger partial charge in [0, 0.05) is 61.0 Å². The quantitative estimate of drug-likeness (QED) is 0.164. The lowest BCUT2D eigenvalue weighted by Gasteiger charge is -2.43. The van der Waals surface area contributed by atoms with Gasteiger partial charge in [0.05, 0.1) is 5.69 Å². The maximum atomic E-state index is 7.26. The van der Waals surface area contributed by atoms with Crippen LogP contribution in [0.4, 0.5) is 34.1 Å². The van der Waals surface area contributed by atoms with Crippen molar-refractivity contribution in [3.8, 4) is 11.1 Å². The number of hydrogen-bond acceptors (Lipinski definition) is 4. The largest absolute Gasteiger partial charge is 0.456 e. The lowest BCUT2D eigenvalue weighted by Crippen LogP contribution is -2.61. The molecule has 2 aliphatic heterocycles. The van der Waals surface area contributed by atoms with E-state index in [-0.39, 0.29) is 12.1 Å². The second-order valence-corrected chi connectivity index (χ2v) is 17.2. The summed E-state index contributed by atoms with van der Waals surface area (Å²) < 4.78 is 13.7. The molecule has 5 heteroatoms. The van der Waals surface area contributed by atoms with Crippen LogP contribution >= 0.6 is 0 Å². The number of para-hydroxylation sites is 3. The van der Waals surface area contributed by atoms with Crippen molar-refractivity contribution in [1.29, 1.82) is 0 Å². The number of anilines is 6. The zero-order valence-corrected chi connectivity index (χ0v) is 33.0. The summed E-state index contributed by atoms with van der Waals surface area (Å²) in [5, 5.41) is 6.96. The molecule has 0 saturated carbocycles. The summed E-state index contributed by atoms with van der Waals surface area (Å²) in [6.07, 6.45) is 0. The highest BCUT2D eigenvalue weighted by atomic mass is 16.3. The van der Waals surface area contributed by atoms with Crippen LogP contribution in [-0.2, 0) is 5.41 Å². The molecule has 4 nitrogen and oxygen atoms in total. The van der Waals surface area contributed by atoms with Gasteiger partial charge in [0.15, 0.2) is 5.58 Å². The van der Waals surface area contributed by atoms with Gasteiger partial charge in [0.25, 0.3) is 6.71 Å². The van der Waals surface area contributed by atoms with Crippen LogP contribution in [0.5, 0.6) is 0 Å². The van der Waals surface area contributed by atoms with Crippen LogP contribution in [0.1, 0.15) is 25.0 Å². The van der Waals surface area contributed by atoms with Crippen molar-refractivity contribution in [3.63, 3.8) is 0 Å². The summed E-state index contributed by atoms with van der Waals surface area (Å²) in [7, 11) is 0. The molecule has 60 heavy (non-hydrogen) atoms. The van der Waals surface area contributed by atoms with E-state index >= 15 is 0 Å². The van der Waals surface area contributed by atoms with Gasteiger partial charge in [-0.05, 0) is 105 Å². The fourth-order valence-corrected chi connectivity index (χ4v) is 11.3. The second-order valence-electron chi connectivity index (χ2n) is 17.2. The molecule has 4 heterocycles. The highest BCUT2D eigenvalue weighted by molar-refractivity contribution is 7.00. The minimum absolute atomic E-state index is 0.0379. The molecule has 0 N–H and O–H groups in total. The molecule has 3 aliphatic rings. The third-order valence-electron chi connectivity index (χ3n) is 13.8. The first kappa shape index (κ1) is 32.5. The monoisotopic (exact) mass is 766 g/mol. The van der Waals surface area contributed by atoms with Crippen molar-refractivity contribution in [2.75, 3.05) is 9.80 Å². The minimum Gasteiger partial charge on any atom is -0.456 e. The van der Waals surface area contributed by atoms with E-state index in [4.69, 9.17) is 8.83 Å². The Morgan fingerprint density at radius 1 is 0.450 bits per heavy atom. The molecule has 9 aromatic carbocycles. The summed E-state index contributed by atoms with van der Waals surface area (Å²) in [5.74, 6) is 0. The fourth-order valence-electron chi connectivity index (χ4n) is 11.3. The highest BCUT2D eigenvalue weighted by Gasteiger charge is 2.44. The average Bonchev–Trinajstić information content (AvgIpc) is 3.94. The molecule has 0 bridgehead atoms. The molecule has 0 amide bonds. The topological polar surface area (TPSA) is 32.8 Å². The Balaban J connectivity index is 1.02. The summed E-state index contributed by atoms with van der Waals surface area (Å²) in [5.41, 5.74) is 19.3. The molecule has 0 unspecified atom stereocenters. The molecular formula is C55H35BN2O2. The SMILES string of the molecule is CC1(C)c2ccccc2-c2ccc3c(oc4c(N5c6ccccc6B6c7ccccc7N(c7ccc8oc9ccc%10ccccc%10c9c8c7)c7cccc5c76)cccc43)c21. The zero-order chi connectivity index (χ0) is 39.4. The van der Waals surface area contributed by atoms with E-state index in [2.05, 4.69) is 200 Å². The van der Waals surface area contributed by atoms with Gasteiger partial charge in [-0.2, -0.15) is 0 Å². The Hall–Kier alpha value is -7.50. The van der Waals surface area contributed by atoms with Crippen LogP contribution in [0.3, 0.4) is 0 Å². The van der Waals surface area contributed by atoms with Crippen LogP contribution < -0.4 is 26.2 Å². The fraction of sp³-hybridized carbons (Fsp3) is 0.0545. The Morgan fingerprint density at radius 3 is 1.97 bits per heavy atom. The first-order chi connectivity index (χ1) is 29.5. The van der Waals surface area contributed by atoms with Crippen molar-refractivity contribution in [3.05, 3.63) is 187 Å². The van der Waals surface area contributed by atoms with Gasteiger partial charge in [-0.3, -0.25) is 0 Å². The Labute approximate surface area is 346 Å². The molecule has 0 radical (unpaired) electrons. The standard InChI is InChI=1S/C55H35BN2O2/c1-55(2)40-17-6-5-15-35(40)36-27-28-38-37-16-11-24-47(53(37)60-54(38)51(36)55)58-44-21-10-8-19-42(44)56-41-18-7-9-20-43(41)57(45-22-12-23-46(58)52(45)56)33-26-30-48-39(31-33)50-34-14-4-3-13-32(34)25-29-49(50)59-48/h3-31H,1-2H3. The molecule has 1 aliphatic carbocycles. The maximum Gasteiger partial charge on any atom is 0.252 e. The molecule has 11 aromatic rings. The summed E-state index contributed by atoms with van der Waals surface area (Å²) in [6.45, 7) is 4.71. The molecule has 0 saturated heterocycles. The van der Waals surface area contributed by atoms with Gasteiger partial charge in [-0.1, -0.05) is 129 Å². The predicted octanol–water partition coefficient (Wildman–Crippen LogP) is 13.0. The van der Waals surface area contributed by atoms with Crippen molar-refractivity contribution in [2.24, 2.45) is 0 Å². The molecule has 0 atom stereocenters. The summed E-state index contributed by atoms with van der Waals surface area (Å²) in [6, 6.07) is 64.3. The Kier molecular flexibility index (Phi) is 6.15. The van der Waals surface area contributed by atoms with Crippen LogP contribution in [0.15, 0.2) is 185 Å². The first-order valence-corrected chi connectivity index (χ1v) is 20.9. The molecule has 280 valence electrons. The van der Waals surface area contributed by atoms with E-state index in [1.807, 2.05) is 0 Å². The van der Waals surface area contributed by atoms with Gasteiger partial charge < -0.3 is 18.6 Å². The minimum atomic E-state index is -0.196. The average molecular weight is 767 g/mol. The smallest absolute Gasteiger partial charge is 0.252 e. The third-order valence-corrected chi connectivity index (χ3v) is 13.8. The van der Waals surface area contributed by atoms with E-state index in [0.29, 0.717) is 0 Å². The molecule has 2 aromatic heterocycles.